The van der Waals surface area contributed by atoms with E-state index >= 15 is 0 Å². The van der Waals surface area contributed by atoms with Crippen molar-refractivity contribution in [1.82, 2.24) is 24.4 Å². The summed E-state index contributed by atoms with van der Waals surface area (Å²) in [6.07, 6.45) is 7.88. The standard InChI is InChI=1S/C25H31N5O3/c1-17(29-12-10-25(5,33-23(29)31)16-24(3,4)32)19-6-8-20(9-7-19)21-14-27-22(28-15-21)30-13-11-26-18(30)2/h6-9,11,13-15,17,32H,10,12,16H2,1-5H3/t17-,25-/m0/s1. The number of benzene rings is 1. The highest BCUT2D eigenvalue weighted by Crippen LogP contribution is 2.35. The van der Waals surface area contributed by atoms with Crippen LogP contribution in [0.2, 0.25) is 0 Å². The van der Waals surface area contributed by atoms with E-state index in [4.69, 9.17) is 4.74 Å². The maximum atomic E-state index is 12.8. The molecule has 0 saturated carbocycles. The Morgan fingerprint density at radius 2 is 1.82 bits per heavy atom. The summed E-state index contributed by atoms with van der Waals surface area (Å²) in [5.74, 6) is 1.41. The van der Waals surface area contributed by atoms with Gasteiger partial charge in [-0.1, -0.05) is 24.3 Å². The summed E-state index contributed by atoms with van der Waals surface area (Å²) in [7, 11) is 0. The Bertz CT molecular complexity index is 1120. The highest BCUT2D eigenvalue weighted by atomic mass is 16.6. The van der Waals surface area contributed by atoms with Gasteiger partial charge in [0.15, 0.2) is 0 Å². The van der Waals surface area contributed by atoms with Gasteiger partial charge in [-0.25, -0.2) is 19.7 Å². The molecule has 1 amide bonds. The van der Waals surface area contributed by atoms with Crippen LogP contribution < -0.4 is 0 Å². The number of aryl methyl sites for hydroxylation is 1. The third kappa shape index (κ3) is 5.06. The lowest BCUT2D eigenvalue weighted by Crippen LogP contribution is -2.51. The van der Waals surface area contributed by atoms with Gasteiger partial charge in [0.1, 0.15) is 11.4 Å². The molecule has 0 radical (unpaired) electrons. The van der Waals surface area contributed by atoms with Crippen molar-refractivity contribution in [3.63, 3.8) is 0 Å². The Morgan fingerprint density at radius 3 is 2.36 bits per heavy atom. The summed E-state index contributed by atoms with van der Waals surface area (Å²) >= 11 is 0. The number of carbonyl (C=O) groups excluding carboxylic acids is 1. The number of aliphatic hydroxyl groups is 1. The zero-order valence-corrected chi connectivity index (χ0v) is 19.8. The molecule has 0 unspecified atom stereocenters. The van der Waals surface area contributed by atoms with E-state index in [0.717, 1.165) is 22.5 Å². The van der Waals surface area contributed by atoms with E-state index in [9.17, 15) is 9.90 Å². The quantitative estimate of drug-likeness (QED) is 0.597. The highest BCUT2D eigenvalue weighted by Gasteiger charge is 2.41. The second-order valence-corrected chi connectivity index (χ2v) is 9.66. The first kappa shape index (κ1) is 22.9. The lowest BCUT2D eigenvalue weighted by Gasteiger charge is -2.43. The molecule has 2 aromatic heterocycles. The van der Waals surface area contributed by atoms with E-state index in [0.29, 0.717) is 25.3 Å². The van der Waals surface area contributed by atoms with Crippen molar-refractivity contribution in [2.45, 2.75) is 64.7 Å². The number of cyclic esters (lactones) is 1. The first-order valence-corrected chi connectivity index (χ1v) is 11.2. The highest BCUT2D eigenvalue weighted by molar-refractivity contribution is 5.70. The van der Waals surface area contributed by atoms with Crippen molar-refractivity contribution in [3.8, 4) is 17.1 Å². The van der Waals surface area contributed by atoms with Crippen molar-refractivity contribution in [1.29, 1.82) is 0 Å². The molecule has 3 aromatic rings. The number of nitrogens with zero attached hydrogens (tertiary/aromatic N) is 5. The number of aromatic nitrogens is 4. The lowest BCUT2D eigenvalue weighted by molar-refractivity contribution is -0.0859. The molecule has 3 heterocycles. The van der Waals surface area contributed by atoms with Crippen molar-refractivity contribution in [2.24, 2.45) is 0 Å². The maximum absolute atomic E-state index is 12.8. The van der Waals surface area contributed by atoms with E-state index in [1.165, 1.54) is 0 Å². The smallest absolute Gasteiger partial charge is 0.410 e. The van der Waals surface area contributed by atoms with Crippen LogP contribution in [-0.2, 0) is 4.74 Å². The van der Waals surface area contributed by atoms with E-state index in [1.54, 1.807) is 37.3 Å². The molecular weight excluding hydrogens is 418 g/mol. The molecule has 174 valence electrons. The number of amides is 1. The molecule has 1 aromatic carbocycles. The first-order valence-electron chi connectivity index (χ1n) is 11.2. The van der Waals surface area contributed by atoms with E-state index < -0.39 is 11.2 Å². The van der Waals surface area contributed by atoms with Gasteiger partial charge in [0, 0.05) is 49.7 Å². The minimum Gasteiger partial charge on any atom is -0.443 e. The summed E-state index contributed by atoms with van der Waals surface area (Å²) in [6, 6.07) is 7.94. The second-order valence-electron chi connectivity index (χ2n) is 9.66. The van der Waals surface area contributed by atoms with Crippen LogP contribution in [0.15, 0.2) is 49.1 Å². The first-order chi connectivity index (χ1) is 15.5. The average Bonchev–Trinajstić information content (AvgIpc) is 3.18. The second kappa shape index (κ2) is 8.59. The number of rotatable bonds is 6. The van der Waals surface area contributed by atoms with Gasteiger partial charge < -0.3 is 14.7 Å². The Labute approximate surface area is 194 Å². The molecule has 0 aliphatic carbocycles. The summed E-state index contributed by atoms with van der Waals surface area (Å²) < 4.78 is 7.58. The van der Waals surface area contributed by atoms with Crippen LogP contribution in [0, 0.1) is 6.92 Å². The minimum absolute atomic E-state index is 0.124. The molecule has 1 aliphatic heterocycles. The summed E-state index contributed by atoms with van der Waals surface area (Å²) in [5, 5.41) is 10.2. The topological polar surface area (TPSA) is 93.4 Å². The van der Waals surface area contributed by atoms with E-state index in [2.05, 4.69) is 15.0 Å². The third-order valence-corrected chi connectivity index (χ3v) is 6.13. The summed E-state index contributed by atoms with van der Waals surface area (Å²) in [4.78, 5) is 27.6. The van der Waals surface area contributed by atoms with Crippen LogP contribution in [0.5, 0.6) is 0 Å². The number of hydrogen-bond donors (Lipinski definition) is 1. The van der Waals surface area contributed by atoms with Crippen molar-refractivity contribution < 1.29 is 14.6 Å². The predicted molar refractivity (Wildman–Crippen MR) is 125 cm³/mol. The van der Waals surface area contributed by atoms with Crippen molar-refractivity contribution in [2.75, 3.05) is 6.54 Å². The van der Waals surface area contributed by atoms with Gasteiger partial charge in [0.05, 0.1) is 11.6 Å². The Hall–Kier alpha value is -3.26. The van der Waals surface area contributed by atoms with Crippen LogP contribution in [0.1, 0.15) is 58.0 Å². The van der Waals surface area contributed by atoms with Gasteiger partial charge in [-0.15, -0.1) is 0 Å². The van der Waals surface area contributed by atoms with Gasteiger partial charge in [0.25, 0.3) is 0 Å². The molecule has 0 spiro atoms. The molecule has 4 rings (SSSR count). The van der Waals surface area contributed by atoms with Gasteiger partial charge >= 0.3 is 6.09 Å². The summed E-state index contributed by atoms with van der Waals surface area (Å²) in [5.41, 5.74) is 1.39. The monoisotopic (exact) mass is 449 g/mol. The Balaban J connectivity index is 1.44. The summed E-state index contributed by atoms with van der Waals surface area (Å²) in [6.45, 7) is 9.85. The van der Waals surface area contributed by atoms with E-state index in [1.807, 2.05) is 55.8 Å². The normalized spacial score (nSPS) is 19.9. The van der Waals surface area contributed by atoms with Crippen LogP contribution in [0.4, 0.5) is 4.79 Å². The predicted octanol–water partition coefficient (Wildman–Crippen LogP) is 4.46. The van der Waals surface area contributed by atoms with Gasteiger partial charge in [0.2, 0.25) is 5.95 Å². The maximum Gasteiger partial charge on any atom is 0.410 e. The fourth-order valence-corrected chi connectivity index (χ4v) is 4.48. The van der Waals surface area contributed by atoms with Crippen LogP contribution in [0.3, 0.4) is 0 Å². The molecular formula is C25H31N5O3. The fraction of sp³-hybridized carbons (Fsp3) is 0.440. The van der Waals surface area contributed by atoms with Gasteiger partial charge in [-0.3, -0.25) is 4.57 Å². The number of carbonyl (C=O) groups is 1. The van der Waals surface area contributed by atoms with Crippen LogP contribution in [-0.4, -0.2) is 53.4 Å². The Morgan fingerprint density at radius 1 is 1.15 bits per heavy atom. The zero-order valence-electron chi connectivity index (χ0n) is 19.8. The lowest BCUT2D eigenvalue weighted by atomic mass is 9.87. The largest absolute Gasteiger partial charge is 0.443 e. The van der Waals surface area contributed by atoms with Gasteiger partial charge in [-0.2, -0.15) is 0 Å². The van der Waals surface area contributed by atoms with E-state index in [-0.39, 0.29) is 12.1 Å². The molecule has 1 fully saturated rings. The van der Waals surface area contributed by atoms with Crippen molar-refractivity contribution in [3.05, 3.63) is 60.4 Å². The average molecular weight is 450 g/mol. The number of hydrogen-bond acceptors (Lipinski definition) is 6. The fourth-order valence-electron chi connectivity index (χ4n) is 4.48. The Kier molecular flexibility index (Phi) is 5.97. The third-order valence-electron chi connectivity index (χ3n) is 6.13. The SMILES string of the molecule is Cc1nccn1-c1ncc(-c2ccc([C@H](C)N3CC[C@@](C)(CC(C)(C)O)OC3=O)cc2)cn1. The molecule has 1 aliphatic rings. The molecule has 33 heavy (non-hydrogen) atoms. The molecule has 8 heteroatoms. The molecule has 8 nitrogen and oxygen atoms in total. The molecule has 1 saturated heterocycles. The van der Waals surface area contributed by atoms with Crippen LogP contribution in [0.25, 0.3) is 17.1 Å². The molecule has 0 bridgehead atoms. The van der Waals surface area contributed by atoms with Gasteiger partial charge in [-0.05, 0) is 45.7 Å². The molecule has 1 N–H and O–H groups in total. The van der Waals surface area contributed by atoms with Crippen LogP contribution >= 0.6 is 0 Å². The van der Waals surface area contributed by atoms with Crippen molar-refractivity contribution >= 4 is 6.09 Å². The molecule has 2 atom stereocenters. The zero-order chi connectivity index (χ0) is 23.8. The number of ether oxygens (including phenoxy) is 1. The number of imidazole rings is 1. The minimum atomic E-state index is -0.891.